The number of hydrogen-bond donors (Lipinski definition) is 1. The van der Waals surface area contributed by atoms with E-state index in [2.05, 4.69) is 63.2 Å². The van der Waals surface area contributed by atoms with E-state index in [0.717, 1.165) is 50.0 Å². The van der Waals surface area contributed by atoms with Crippen molar-refractivity contribution in [1.29, 1.82) is 0 Å². The molecule has 1 aromatic carbocycles. The lowest BCUT2D eigenvalue weighted by atomic mass is 9.72. The van der Waals surface area contributed by atoms with Gasteiger partial charge in [-0.3, -0.25) is 19.7 Å². The maximum Gasteiger partial charge on any atom is 0.226 e. The fraction of sp³-hybridized carbons (Fsp3) is 0.296. The van der Waals surface area contributed by atoms with Crippen LogP contribution in [-0.2, 0) is 17.8 Å². The van der Waals surface area contributed by atoms with Crippen molar-refractivity contribution in [1.82, 2.24) is 20.2 Å². The van der Waals surface area contributed by atoms with Crippen molar-refractivity contribution >= 4 is 5.91 Å². The van der Waals surface area contributed by atoms with Gasteiger partial charge in [0.2, 0.25) is 5.91 Å². The summed E-state index contributed by atoms with van der Waals surface area (Å²) in [4.78, 5) is 24.0. The summed E-state index contributed by atoms with van der Waals surface area (Å²) in [5.41, 5.74) is 4.33. The largest absolute Gasteiger partial charge is 0.352 e. The van der Waals surface area contributed by atoms with Crippen LogP contribution in [0.2, 0.25) is 0 Å². The molecule has 0 radical (unpaired) electrons. The van der Waals surface area contributed by atoms with Crippen molar-refractivity contribution in [3.63, 3.8) is 0 Å². The van der Waals surface area contributed by atoms with E-state index in [1.165, 1.54) is 11.1 Å². The van der Waals surface area contributed by atoms with Gasteiger partial charge in [0.1, 0.15) is 0 Å². The van der Waals surface area contributed by atoms with E-state index < -0.39 is 5.41 Å². The van der Waals surface area contributed by atoms with Gasteiger partial charge in [0.05, 0.1) is 5.41 Å². The lowest BCUT2D eigenvalue weighted by molar-refractivity contribution is -0.133. The number of carbonyl (C=O) groups excluding carboxylic acids is 1. The highest BCUT2D eigenvalue weighted by Gasteiger charge is 2.41. The van der Waals surface area contributed by atoms with Crippen LogP contribution in [0.3, 0.4) is 0 Å². The zero-order valence-corrected chi connectivity index (χ0v) is 18.4. The highest BCUT2D eigenvalue weighted by Crippen LogP contribution is 2.37. The predicted molar refractivity (Wildman–Crippen MR) is 128 cm³/mol. The van der Waals surface area contributed by atoms with E-state index in [1.807, 2.05) is 36.9 Å². The fourth-order valence-electron chi connectivity index (χ4n) is 4.52. The van der Waals surface area contributed by atoms with Crippen molar-refractivity contribution in [2.24, 2.45) is 5.41 Å². The summed E-state index contributed by atoms with van der Waals surface area (Å²) < 4.78 is 0. The van der Waals surface area contributed by atoms with Gasteiger partial charge in [-0.2, -0.15) is 0 Å². The second kappa shape index (κ2) is 10.3. The average molecular weight is 427 g/mol. The number of nitrogens with one attached hydrogen (secondary N) is 1. The van der Waals surface area contributed by atoms with Crippen LogP contribution in [-0.4, -0.2) is 40.4 Å². The van der Waals surface area contributed by atoms with Crippen LogP contribution in [0.15, 0.2) is 86.0 Å². The minimum absolute atomic E-state index is 0.135. The third-order valence-corrected chi connectivity index (χ3v) is 6.34. The van der Waals surface area contributed by atoms with Gasteiger partial charge >= 0.3 is 0 Å². The molecule has 1 fully saturated rings. The summed E-state index contributed by atoms with van der Waals surface area (Å²) >= 11 is 0. The molecule has 1 N–H and O–H groups in total. The van der Waals surface area contributed by atoms with Crippen molar-refractivity contribution in [2.75, 3.05) is 19.6 Å². The molecular formula is C27H30N4O. The number of benzene rings is 1. The zero-order valence-electron chi connectivity index (χ0n) is 18.4. The van der Waals surface area contributed by atoms with Gasteiger partial charge in [0, 0.05) is 37.9 Å². The Bertz CT molecular complexity index is 1030. The smallest absolute Gasteiger partial charge is 0.226 e. The van der Waals surface area contributed by atoms with Gasteiger partial charge in [-0.15, -0.1) is 6.58 Å². The van der Waals surface area contributed by atoms with Crippen molar-refractivity contribution in [2.45, 2.75) is 25.8 Å². The van der Waals surface area contributed by atoms with Crippen LogP contribution in [0, 0.1) is 5.41 Å². The molecule has 5 heteroatoms. The topological polar surface area (TPSA) is 58.1 Å². The molecule has 5 nitrogen and oxygen atoms in total. The van der Waals surface area contributed by atoms with Crippen LogP contribution in [0.25, 0.3) is 11.1 Å². The molecule has 0 unspecified atom stereocenters. The van der Waals surface area contributed by atoms with Crippen molar-refractivity contribution < 1.29 is 4.79 Å². The van der Waals surface area contributed by atoms with Gasteiger partial charge < -0.3 is 5.32 Å². The SMILES string of the molecule is C=CCNC(=O)C1(Cc2cccc(-c3ccncc3)c2)CCN(Cc2ccncc2)CC1. The Kier molecular flexibility index (Phi) is 7.07. The molecule has 2 aromatic heterocycles. The second-order valence-electron chi connectivity index (χ2n) is 8.52. The first-order valence-electron chi connectivity index (χ1n) is 11.2. The van der Waals surface area contributed by atoms with Gasteiger partial charge in [-0.25, -0.2) is 0 Å². The quantitative estimate of drug-likeness (QED) is 0.547. The number of hydrogen-bond acceptors (Lipinski definition) is 4. The Morgan fingerprint density at radius 1 is 0.969 bits per heavy atom. The maximum atomic E-state index is 13.3. The molecular weight excluding hydrogens is 396 g/mol. The molecule has 4 rings (SSSR count). The van der Waals surface area contributed by atoms with E-state index in [0.29, 0.717) is 6.54 Å². The molecule has 32 heavy (non-hydrogen) atoms. The van der Waals surface area contributed by atoms with E-state index in [9.17, 15) is 4.79 Å². The summed E-state index contributed by atoms with van der Waals surface area (Å²) in [5, 5.41) is 3.08. The van der Waals surface area contributed by atoms with Crippen LogP contribution in [0.5, 0.6) is 0 Å². The molecule has 1 saturated heterocycles. The molecule has 164 valence electrons. The minimum atomic E-state index is -0.408. The average Bonchev–Trinajstić information content (AvgIpc) is 2.85. The molecule has 0 bridgehead atoms. The first-order valence-corrected chi connectivity index (χ1v) is 11.2. The van der Waals surface area contributed by atoms with Crippen LogP contribution in [0.4, 0.5) is 0 Å². The minimum Gasteiger partial charge on any atom is -0.352 e. The predicted octanol–water partition coefficient (Wildman–Crippen LogP) is 4.27. The van der Waals surface area contributed by atoms with Crippen molar-refractivity contribution in [3.05, 3.63) is 97.1 Å². The molecule has 0 aliphatic carbocycles. The third kappa shape index (κ3) is 5.29. The van der Waals surface area contributed by atoms with Crippen molar-refractivity contribution in [3.8, 4) is 11.1 Å². The van der Waals surface area contributed by atoms with Crippen LogP contribution in [0.1, 0.15) is 24.0 Å². The standard InChI is InChI=1S/C27H30N4O/c1-2-12-30-26(32)27(10-17-31(18-11-27)21-22-6-13-28-14-7-22)20-23-4-3-5-25(19-23)24-8-15-29-16-9-24/h2-9,13-16,19H,1,10-12,17-18,20-21H2,(H,30,32). The number of piperidine rings is 1. The van der Waals surface area contributed by atoms with Gasteiger partial charge in [-0.1, -0.05) is 30.3 Å². The lowest BCUT2D eigenvalue weighted by Crippen LogP contribution is -2.50. The molecule has 3 aromatic rings. The fourth-order valence-corrected chi connectivity index (χ4v) is 4.52. The van der Waals surface area contributed by atoms with Crippen LogP contribution < -0.4 is 5.32 Å². The summed E-state index contributed by atoms with van der Waals surface area (Å²) in [6.45, 7) is 6.94. The number of carbonyl (C=O) groups is 1. The molecule has 1 aliphatic heterocycles. The van der Waals surface area contributed by atoms with E-state index in [1.54, 1.807) is 6.08 Å². The number of rotatable bonds is 8. The van der Waals surface area contributed by atoms with Gasteiger partial charge in [-0.05, 0) is 78.9 Å². The monoisotopic (exact) mass is 426 g/mol. The number of nitrogens with zero attached hydrogens (tertiary/aromatic N) is 3. The second-order valence-corrected chi connectivity index (χ2v) is 8.52. The van der Waals surface area contributed by atoms with E-state index in [-0.39, 0.29) is 5.91 Å². The van der Waals surface area contributed by atoms with E-state index >= 15 is 0 Å². The molecule has 3 heterocycles. The number of amides is 1. The Morgan fingerprint density at radius 3 is 2.34 bits per heavy atom. The normalized spacial score (nSPS) is 15.8. The highest BCUT2D eigenvalue weighted by molar-refractivity contribution is 5.83. The van der Waals surface area contributed by atoms with Gasteiger partial charge in [0.15, 0.2) is 0 Å². The summed E-state index contributed by atoms with van der Waals surface area (Å²) in [6, 6.07) is 16.7. The Balaban J connectivity index is 1.51. The summed E-state index contributed by atoms with van der Waals surface area (Å²) in [7, 11) is 0. The molecule has 0 atom stereocenters. The highest BCUT2D eigenvalue weighted by atomic mass is 16.2. The number of likely N-dealkylation sites (tertiary alicyclic amines) is 1. The zero-order chi connectivity index (χ0) is 22.2. The molecule has 0 spiro atoms. The first-order chi connectivity index (χ1) is 15.7. The summed E-state index contributed by atoms with van der Waals surface area (Å²) in [5.74, 6) is 0.135. The van der Waals surface area contributed by atoms with E-state index in [4.69, 9.17) is 0 Å². The molecule has 0 saturated carbocycles. The molecule has 1 amide bonds. The Hall–Kier alpha value is -3.31. The number of aromatic nitrogens is 2. The summed E-state index contributed by atoms with van der Waals surface area (Å²) in [6.07, 6.45) is 11.4. The third-order valence-electron chi connectivity index (χ3n) is 6.34. The lowest BCUT2D eigenvalue weighted by Gasteiger charge is -2.41. The number of pyridine rings is 2. The molecule has 1 aliphatic rings. The Morgan fingerprint density at radius 2 is 1.66 bits per heavy atom. The van der Waals surface area contributed by atoms with Crippen LogP contribution >= 0.6 is 0 Å². The van der Waals surface area contributed by atoms with Gasteiger partial charge in [0.25, 0.3) is 0 Å². The first kappa shape index (κ1) is 21.9. The Labute approximate surface area is 190 Å². The maximum absolute atomic E-state index is 13.3.